The lowest BCUT2D eigenvalue weighted by atomic mass is 9.07. The summed E-state index contributed by atoms with van der Waals surface area (Å²) >= 11 is 0. The van der Waals surface area contributed by atoms with E-state index in [9.17, 15) is 0 Å². The average molecular weight is 707 g/mol. The number of fused-ring (bicyclic) bond motifs is 31. The molecule has 12 fully saturated rings. The molecule has 0 aliphatic heterocycles. The van der Waals surface area contributed by atoms with Crippen molar-refractivity contribution in [1.29, 1.82) is 0 Å². The van der Waals surface area contributed by atoms with Crippen molar-refractivity contribution in [1.82, 2.24) is 0 Å². The van der Waals surface area contributed by atoms with Crippen molar-refractivity contribution in [2.24, 2.45) is 207 Å². The molecule has 0 bridgehead atoms. The van der Waals surface area contributed by atoms with Crippen LogP contribution in [0.25, 0.3) is 0 Å². The van der Waals surface area contributed by atoms with Crippen LogP contribution in [0.5, 0.6) is 0 Å². The Hall–Kier alpha value is 0. The molecule has 0 heteroatoms. The first-order valence-corrected chi connectivity index (χ1v) is 24.8. The van der Waals surface area contributed by atoms with Crippen LogP contribution in [0.1, 0.15) is 116 Å². The van der Waals surface area contributed by atoms with Crippen LogP contribution in [0.3, 0.4) is 0 Å². The summed E-state index contributed by atoms with van der Waals surface area (Å²) in [6.45, 7) is 34.7. The topological polar surface area (TPSA) is 0 Å². The molecule has 12 aliphatic rings. The molecule has 0 radical (unpaired) electrons. The lowest BCUT2D eigenvalue weighted by Crippen LogP contribution is -2.94. The second kappa shape index (κ2) is 10.7. The fourth-order valence-corrected chi connectivity index (χ4v) is 22.0. The van der Waals surface area contributed by atoms with E-state index in [1.54, 1.807) is 25.7 Å². The normalized spacial score (nSPS) is 75.3. The van der Waals surface area contributed by atoms with E-state index in [0.29, 0.717) is 0 Å². The summed E-state index contributed by atoms with van der Waals surface area (Å²) in [4.78, 5) is 0. The van der Waals surface area contributed by atoms with E-state index in [4.69, 9.17) is 0 Å². The molecule has 52 heavy (non-hydrogen) atoms. The van der Waals surface area contributed by atoms with Gasteiger partial charge < -0.3 is 0 Å². The van der Waals surface area contributed by atoms with Gasteiger partial charge in [0, 0.05) is 0 Å². The zero-order valence-electron chi connectivity index (χ0n) is 36.0. The molecular weight excluding hydrogens is 625 g/mol. The molecular formula is C52H82. The minimum Gasteiger partial charge on any atom is -0.0622 e. The summed E-state index contributed by atoms with van der Waals surface area (Å²) in [6, 6.07) is 0. The molecule has 290 valence electrons. The largest absolute Gasteiger partial charge is 0.0622 e. The third kappa shape index (κ3) is 3.51. The van der Waals surface area contributed by atoms with Gasteiger partial charge in [-0.1, -0.05) is 90.0 Å². The number of rotatable bonds is 0. The van der Waals surface area contributed by atoms with Crippen LogP contribution in [0.15, 0.2) is 0 Å². The van der Waals surface area contributed by atoms with E-state index >= 15 is 0 Å². The van der Waals surface area contributed by atoms with Gasteiger partial charge in [0.25, 0.3) is 0 Å². The first kappa shape index (κ1) is 34.1. The van der Waals surface area contributed by atoms with E-state index in [1.165, 1.54) is 107 Å². The van der Waals surface area contributed by atoms with Gasteiger partial charge >= 0.3 is 0 Å². The van der Waals surface area contributed by atoms with Gasteiger partial charge in [0.15, 0.2) is 0 Å². The summed E-state index contributed by atoms with van der Waals surface area (Å²) in [5, 5.41) is 0. The molecule has 0 nitrogen and oxygen atoms in total. The van der Waals surface area contributed by atoms with Crippen molar-refractivity contribution in [2.75, 3.05) is 0 Å². The minimum absolute atomic E-state index is 0.791. The monoisotopic (exact) mass is 707 g/mol. The molecule has 34 unspecified atom stereocenters. The standard InChI is InChI=1S/C52H82/c1-18-16-33-34(17-19(2)21(4)23(6)25(8)27(10)29(12)30(13)28(11)26(9)24(7)22(5)20(18)3)38-37(33)41-42(38)46-45(41)49-50(46)52-48-44-40-36-32-15-14-31(32)35(36)39(40)43(44)47(48)51(49)52/h18-52H,14-17H2,1-13H3. The van der Waals surface area contributed by atoms with Crippen LogP contribution in [-0.2, 0) is 0 Å². The van der Waals surface area contributed by atoms with Gasteiger partial charge in [-0.15, -0.1) is 0 Å². The zero-order valence-corrected chi connectivity index (χ0v) is 36.0. The van der Waals surface area contributed by atoms with E-state index in [-0.39, 0.29) is 0 Å². The molecule has 34 atom stereocenters. The summed E-state index contributed by atoms with van der Waals surface area (Å²) < 4.78 is 0. The van der Waals surface area contributed by atoms with Gasteiger partial charge in [0.2, 0.25) is 0 Å². The SMILES string of the molecule is CC1CC2C(CC(C)C(C)C(C)C(C)C(C)C(C)C(C)C(C)C(C)C(C)C(C)C1C)C1C2C2C1C1C2C2C1C1C3C4C5C6C7CCC7C6C5C4C3C21. The Kier molecular flexibility index (Phi) is 7.03. The van der Waals surface area contributed by atoms with E-state index < -0.39 is 0 Å². The molecule has 0 aromatic rings. The smallest absolute Gasteiger partial charge is 0.0312 e. The van der Waals surface area contributed by atoms with Gasteiger partial charge in [-0.2, -0.15) is 0 Å². The van der Waals surface area contributed by atoms with Crippen LogP contribution in [0.4, 0.5) is 0 Å². The molecule has 0 N–H and O–H groups in total. The van der Waals surface area contributed by atoms with Crippen molar-refractivity contribution < 1.29 is 0 Å². The average Bonchev–Trinajstić information content (AvgIpc) is 3.10. The lowest BCUT2D eigenvalue weighted by Gasteiger charge is -2.98. The highest BCUT2D eigenvalue weighted by molar-refractivity contribution is 5.40. The Bertz CT molecular complexity index is 1370. The highest BCUT2D eigenvalue weighted by atomic mass is 15.0. The van der Waals surface area contributed by atoms with Gasteiger partial charge in [0.05, 0.1) is 0 Å². The van der Waals surface area contributed by atoms with Gasteiger partial charge in [0.1, 0.15) is 0 Å². The van der Waals surface area contributed by atoms with Crippen LogP contribution >= 0.6 is 0 Å². The van der Waals surface area contributed by atoms with E-state index in [2.05, 4.69) is 90.0 Å². The maximum absolute atomic E-state index is 2.73. The number of hydrogen-bond acceptors (Lipinski definition) is 0. The molecule has 0 heterocycles. The van der Waals surface area contributed by atoms with Crippen LogP contribution in [0, 0.1) is 207 Å². The number of hydrogen-bond donors (Lipinski definition) is 0. The predicted octanol–water partition coefficient (Wildman–Crippen LogP) is 12.5. The summed E-state index contributed by atoms with van der Waals surface area (Å²) in [7, 11) is 0. The molecule has 12 saturated carbocycles. The fourth-order valence-electron chi connectivity index (χ4n) is 22.0. The fraction of sp³-hybridized carbons (Fsp3) is 1.00. The van der Waals surface area contributed by atoms with Gasteiger partial charge in [-0.25, -0.2) is 0 Å². The van der Waals surface area contributed by atoms with Gasteiger partial charge in [-0.05, 0) is 233 Å². The predicted molar refractivity (Wildman–Crippen MR) is 214 cm³/mol. The third-order valence-electron chi connectivity index (χ3n) is 26.4. The Labute approximate surface area is 321 Å². The van der Waals surface area contributed by atoms with E-state index in [0.717, 1.165) is 101 Å². The van der Waals surface area contributed by atoms with Crippen molar-refractivity contribution in [3.05, 3.63) is 0 Å². The molecule has 0 saturated heterocycles. The molecule has 0 aromatic carbocycles. The van der Waals surface area contributed by atoms with Crippen molar-refractivity contribution >= 4 is 0 Å². The summed E-state index contributed by atoms with van der Waals surface area (Å²) in [6.07, 6.45) is 6.40. The Morgan fingerprint density at radius 2 is 0.365 bits per heavy atom. The quantitative estimate of drug-likeness (QED) is 0.220. The molecule has 0 aromatic heterocycles. The Morgan fingerprint density at radius 1 is 0.192 bits per heavy atom. The Morgan fingerprint density at radius 3 is 0.577 bits per heavy atom. The lowest BCUT2D eigenvalue weighted by molar-refractivity contribution is -0.512. The first-order chi connectivity index (χ1) is 24.8. The minimum atomic E-state index is 0.791. The second-order valence-corrected chi connectivity index (χ2v) is 25.5. The van der Waals surface area contributed by atoms with Crippen LogP contribution in [-0.4, -0.2) is 0 Å². The van der Waals surface area contributed by atoms with Crippen molar-refractivity contribution in [2.45, 2.75) is 116 Å². The van der Waals surface area contributed by atoms with Crippen LogP contribution in [0.2, 0.25) is 0 Å². The van der Waals surface area contributed by atoms with Crippen molar-refractivity contribution in [3.63, 3.8) is 0 Å². The second-order valence-electron chi connectivity index (χ2n) is 25.5. The van der Waals surface area contributed by atoms with Gasteiger partial charge in [-0.3, -0.25) is 0 Å². The highest BCUT2D eigenvalue weighted by Crippen LogP contribution is 2.97. The summed E-state index contributed by atoms with van der Waals surface area (Å²) in [5.74, 6) is 37.6. The van der Waals surface area contributed by atoms with Crippen LogP contribution < -0.4 is 0 Å². The van der Waals surface area contributed by atoms with E-state index in [1.807, 2.05) is 0 Å². The first-order valence-electron chi connectivity index (χ1n) is 24.8. The molecule has 12 aliphatic carbocycles. The third-order valence-corrected chi connectivity index (χ3v) is 26.4. The van der Waals surface area contributed by atoms with Crippen molar-refractivity contribution in [3.8, 4) is 0 Å². The highest BCUT2D eigenvalue weighted by Gasteiger charge is 2.94. The Balaban J connectivity index is 0.789. The molecule has 12 rings (SSSR count). The maximum atomic E-state index is 2.73. The summed E-state index contributed by atoms with van der Waals surface area (Å²) in [5.41, 5.74) is 0. The maximum Gasteiger partial charge on any atom is -0.0312 e. The molecule has 0 spiro atoms. The zero-order chi connectivity index (χ0) is 36.0. The molecule has 0 amide bonds.